The molecule has 0 saturated carbocycles. The summed E-state index contributed by atoms with van der Waals surface area (Å²) >= 11 is 1.45. The highest BCUT2D eigenvalue weighted by molar-refractivity contribution is 7.99. The van der Waals surface area contributed by atoms with Crippen molar-refractivity contribution in [1.82, 2.24) is 0 Å². The summed E-state index contributed by atoms with van der Waals surface area (Å²) in [7, 11) is 0. The van der Waals surface area contributed by atoms with Gasteiger partial charge in [0, 0.05) is 5.56 Å². The molecule has 19 heavy (non-hydrogen) atoms. The maximum atomic E-state index is 11.6. The van der Waals surface area contributed by atoms with Gasteiger partial charge in [-0.25, -0.2) is 0 Å². The molecule has 1 heterocycles. The molecule has 0 fully saturated rings. The number of benzene rings is 2. The highest BCUT2D eigenvalue weighted by atomic mass is 32.2. The first-order chi connectivity index (χ1) is 8.79. The maximum Gasteiger partial charge on any atom is 0.226 e. The largest absolute Gasteiger partial charge is 0.455 e. The van der Waals surface area contributed by atoms with E-state index in [4.69, 9.17) is 4.74 Å². The molecule has 0 bridgehead atoms. The van der Waals surface area contributed by atoms with Crippen LogP contribution in [-0.2, 0) is 4.79 Å². The van der Waals surface area contributed by atoms with Crippen LogP contribution in [0.15, 0.2) is 52.3 Å². The zero-order chi connectivity index (χ0) is 12.5. The Balaban J connectivity index is 0.00000133. The van der Waals surface area contributed by atoms with E-state index in [1.54, 1.807) is 18.2 Å². The van der Waals surface area contributed by atoms with Gasteiger partial charge in [-0.1, -0.05) is 30.0 Å². The van der Waals surface area contributed by atoms with Crippen LogP contribution in [0.25, 0.3) is 0 Å². The normalized spacial score (nSPS) is 11.4. The van der Waals surface area contributed by atoms with Gasteiger partial charge in [0.05, 0.1) is 9.79 Å². The Morgan fingerprint density at radius 1 is 1.05 bits per heavy atom. The van der Waals surface area contributed by atoms with Crippen molar-refractivity contribution < 1.29 is 19.8 Å². The van der Waals surface area contributed by atoms with Crippen molar-refractivity contribution in [2.24, 2.45) is 0 Å². The molecule has 2 N–H and O–H groups in total. The number of hydrogen-bond donors (Lipinski definition) is 0. The molecule has 0 amide bonds. The third-order valence-corrected chi connectivity index (χ3v) is 3.81. The second-order valence-corrected chi connectivity index (χ2v) is 4.82. The Hall–Kier alpha value is -2.11. The molecule has 4 nitrogen and oxygen atoms in total. The predicted octanol–water partition coefficient (Wildman–Crippen LogP) is 2.50. The highest BCUT2D eigenvalue weighted by Crippen LogP contribution is 2.48. The number of aldehydes is 1. The van der Waals surface area contributed by atoms with E-state index in [1.807, 2.05) is 24.3 Å². The third kappa shape index (κ3) is 2.25. The summed E-state index contributed by atoms with van der Waals surface area (Å²) in [6.45, 7) is 0. The zero-order valence-electron chi connectivity index (χ0n) is 9.75. The van der Waals surface area contributed by atoms with Crippen molar-refractivity contribution in [2.75, 3.05) is 0 Å². The van der Waals surface area contributed by atoms with Gasteiger partial charge in [0.1, 0.15) is 11.5 Å². The van der Waals surface area contributed by atoms with Crippen molar-refractivity contribution in [2.45, 2.75) is 9.79 Å². The van der Waals surface area contributed by atoms with E-state index < -0.39 is 5.78 Å². The van der Waals surface area contributed by atoms with Gasteiger partial charge in [-0.3, -0.25) is 9.59 Å². The summed E-state index contributed by atoms with van der Waals surface area (Å²) in [5, 5.41) is 0. The molecule has 0 saturated heterocycles. The fraction of sp³-hybridized carbons (Fsp3) is 0. The number of ketones is 1. The average molecular weight is 274 g/mol. The van der Waals surface area contributed by atoms with Crippen LogP contribution in [0.3, 0.4) is 0 Å². The lowest BCUT2D eigenvalue weighted by Crippen LogP contribution is -2.05. The van der Waals surface area contributed by atoms with Crippen LogP contribution in [0, 0.1) is 0 Å². The van der Waals surface area contributed by atoms with Gasteiger partial charge < -0.3 is 10.2 Å². The van der Waals surface area contributed by atoms with Crippen LogP contribution in [0.4, 0.5) is 0 Å². The van der Waals surface area contributed by atoms with Crippen molar-refractivity contribution in [1.29, 1.82) is 0 Å². The van der Waals surface area contributed by atoms with E-state index in [0.29, 0.717) is 22.5 Å². The molecule has 1 aliphatic heterocycles. The molecule has 3 rings (SSSR count). The lowest BCUT2D eigenvalue weighted by atomic mass is 10.1. The second-order valence-electron chi connectivity index (χ2n) is 3.77. The van der Waals surface area contributed by atoms with Crippen LogP contribution in [0.2, 0.25) is 0 Å². The maximum absolute atomic E-state index is 11.6. The molecular formula is C14H10O4S. The number of fused-ring (bicyclic) bond motifs is 2. The van der Waals surface area contributed by atoms with E-state index in [-0.39, 0.29) is 5.48 Å². The number of para-hydroxylation sites is 1. The van der Waals surface area contributed by atoms with Crippen LogP contribution in [0.1, 0.15) is 10.4 Å². The van der Waals surface area contributed by atoms with Crippen molar-refractivity contribution in [3.63, 3.8) is 0 Å². The molecule has 0 unspecified atom stereocenters. The highest BCUT2D eigenvalue weighted by Gasteiger charge is 2.22. The van der Waals surface area contributed by atoms with Gasteiger partial charge in [0.15, 0.2) is 6.29 Å². The molecule has 0 spiro atoms. The average Bonchev–Trinajstić information content (AvgIpc) is 2.43. The van der Waals surface area contributed by atoms with Gasteiger partial charge in [0.25, 0.3) is 0 Å². The van der Waals surface area contributed by atoms with Gasteiger partial charge in [-0.2, -0.15) is 0 Å². The molecule has 96 valence electrons. The number of Topliss-reactive ketones (excluding diaryl/α,β-unsaturated/α-hetero) is 1. The third-order valence-electron chi connectivity index (χ3n) is 2.63. The first kappa shape index (κ1) is 13.3. The molecule has 0 atom stereocenters. The van der Waals surface area contributed by atoms with E-state index >= 15 is 0 Å². The summed E-state index contributed by atoms with van der Waals surface area (Å²) < 4.78 is 5.72. The molecule has 0 aliphatic carbocycles. The minimum absolute atomic E-state index is 0. The van der Waals surface area contributed by atoms with Crippen LogP contribution < -0.4 is 4.74 Å². The molecule has 2 aromatic rings. The smallest absolute Gasteiger partial charge is 0.226 e. The summed E-state index contributed by atoms with van der Waals surface area (Å²) in [6, 6.07) is 12.7. The minimum atomic E-state index is -0.526. The Labute approximate surface area is 113 Å². The number of hydrogen-bond acceptors (Lipinski definition) is 4. The fourth-order valence-electron chi connectivity index (χ4n) is 1.81. The number of carbonyl (C=O) groups is 2. The zero-order valence-corrected chi connectivity index (χ0v) is 10.6. The van der Waals surface area contributed by atoms with Gasteiger partial charge >= 0.3 is 0 Å². The van der Waals surface area contributed by atoms with Crippen molar-refractivity contribution in [3.05, 3.63) is 48.0 Å². The van der Waals surface area contributed by atoms with Crippen LogP contribution in [-0.4, -0.2) is 17.5 Å². The van der Waals surface area contributed by atoms with Crippen LogP contribution in [0.5, 0.6) is 11.5 Å². The van der Waals surface area contributed by atoms with E-state index in [1.165, 1.54) is 11.8 Å². The Morgan fingerprint density at radius 3 is 2.58 bits per heavy atom. The van der Waals surface area contributed by atoms with Gasteiger partial charge in [-0.15, -0.1) is 0 Å². The molecular weight excluding hydrogens is 264 g/mol. The van der Waals surface area contributed by atoms with E-state index in [0.717, 1.165) is 10.6 Å². The lowest BCUT2D eigenvalue weighted by Gasteiger charge is -2.20. The molecule has 5 heteroatoms. The monoisotopic (exact) mass is 274 g/mol. The summed E-state index contributed by atoms with van der Waals surface area (Å²) in [4.78, 5) is 23.8. The Kier molecular flexibility index (Phi) is 3.69. The molecule has 1 aliphatic rings. The Bertz CT molecular complexity index is 652. The lowest BCUT2D eigenvalue weighted by molar-refractivity contribution is -0.104. The molecule has 0 radical (unpaired) electrons. The number of carbonyl (C=O) groups excluding carboxylic acids is 2. The first-order valence-corrected chi connectivity index (χ1v) is 6.18. The molecule has 2 aromatic carbocycles. The summed E-state index contributed by atoms with van der Waals surface area (Å²) in [6.07, 6.45) is 0.330. The van der Waals surface area contributed by atoms with Crippen LogP contribution >= 0.6 is 11.8 Å². The standard InChI is InChI=1S/C14H8O3S.H2O/c15-8-10(16)9-4-3-6-12-14(9)18-13-7-2-1-5-11(13)17-12;/h1-8H;1H2. The molecule has 0 aromatic heterocycles. The topological polar surface area (TPSA) is 74.9 Å². The van der Waals surface area contributed by atoms with Crippen molar-refractivity contribution in [3.8, 4) is 11.5 Å². The van der Waals surface area contributed by atoms with E-state index in [9.17, 15) is 9.59 Å². The first-order valence-electron chi connectivity index (χ1n) is 5.37. The summed E-state index contributed by atoms with van der Waals surface area (Å²) in [5.74, 6) is 0.861. The number of rotatable bonds is 2. The van der Waals surface area contributed by atoms with Gasteiger partial charge in [0.2, 0.25) is 5.78 Å². The van der Waals surface area contributed by atoms with Gasteiger partial charge in [-0.05, 0) is 24.3 Å². The predicted molar refractivity (Wildman–Crippen MR) is 71.1 cm³/mol. The fourth-order valence-corrected chi connectivity index (χ4v) is 2.87. The SMILES string of the molecule is O.O=CC(=O)c1cccc2c1Sc1ccccc1O2. The minimum Gasteiger partial charge on any atom is -0.455 e. The Morgan fingerprint density at radius 2 is 1.79 bits per heavy atom. The quantitative estimate of drug-likeness (QED) is 0.409. The number of ether oxygens (including phenoxy) is 1. The van der Waals surface area contributed by atoms with Crippen molar-refractivity contribution >= 4 is 23.8 Å². The summed E-state index contributed by atoms with van der Waals surface area (Å²) in [5.41, 5.74) is 0.391. The second kappa shape index (κ2) is 5.26. The van der Waals surface area contributed by atoms with E-state index in [2.05, 4.69) is 0 Å².